The van der Waals surface area contributed by atoms with Crippen molar-refractivity contribution in [3.63, 3.8) is 0 Å². The Labute approximate surface area is 217 Å². The molecule has 0 aliphatic carbocycles. The number of nitrogens with zero attached hydrogens (tertiary/aromatic N) is 7. The molecular formula is C26H34N8O2Si. The van der Waals surface area contributed by atoms with Crippen molar-refractivity contribution < 1.29 is 9.53 Å². The molecule has 10 nitrogen and oxygen atoms in total. The Balaban J connectivity index is 1.40. The number of urea groups is 1. The fourth-order valence-electron chi connectivity index (χ4n) is 4.58. The Bertz CT molecular complexity index is 1330. The number of fused-ring (bicyclic) bond motifs is 1. The van der Waals surface area contributed by atoms with Crippen LogP contribution in [-0.2, 0) is 10.4 Å². The van der Waals surface area contributed by atoms with Crippen LogP contribution in [0.5, 0.6) is 0 Å². The highest BCUT2D eigenvalue weighted by atomic mass is 28.3. The lowest BCUT2D eigenvalue weighted by Crippen LogP contribution is -2.38. The van der Waals surface area contributed by atoms with Gasteiger partial charge in [0, 0.05) is 38.5 Å². The van der Waals surface area contributed by atoms with Crippen molar-refractivity contribution in [1.29, 1.82) is 0 Å². The summed E-state index contributed by atoms with van der Waals surface area (Å²) in [6.07, 6.45) is 5.14. The van der Waals surface area contributed by atoms with Crippen LogP contribution in [0.2, 0.25) is 25.7 Å². The Morgan fingerprint density at radius 3 is 2.65 bits per heavy atom. The SMILES string of the molecule is CC(C)C1CNC(=O)N1c1ccn2ncc(-c3ccc(C4(COCC[Si](C)(C)C)N=CN=N4)cc3)c2n1. The minimum atomic E-state index is -1.18. The third-order valence-corrected chi connectivity index (χ3v) is 8.59. The number of hydrogen-bond acceptors (Lipinski definition) is 7. The van der Waals surface area contributed by atoms with Crippen molar-refractivity contribution in [1.82, 2.24) is 19.9 Å². The van der Waals surface area contributed by atoms with E-state index in [2.05, 4.69) is 59.1 Å². The van der Waals surface area contributed by atoms with Gasteiger partial charge in [-0.2, -0.15) is 5.10 Å². The number of rotatable bonds is 9. The zero-order valence-corrected chi connectivity index (χ0v) is 23.0. The molecule has 1 N–H and O–H groups in total. The first-order valence-corrected chi connectivity index (χ1v) is 16.4. The zero-order valence-electron chi connectivity index (χ0n) is 22.0. The number of carbonyl (C=O) groups is 1. The first-order chi connectivity index (χ1) is 17.7. The summed E-state index contributed by atoms with van der Waals surface area (Å²) in [6, 6.07) is 10.9. The highest BCUT2D eigenvalue weighted by Gasteiger charge is 2.36. The molecule has 1 saturated heterocycles. The van der Waals surface area contributed by atoms with Gasteiger partial charge < -0.3 is 10.1 Å². The summed E-state index contributed by atoms with van der Waals surface area (Å²) in [7, 11) is -1.18. The maximum atomic E-state index is 12.6. The van der Waals surface area contributed by atoms with Crippen molar-refractivity contribution in [3.8, 4) is 11.1 Å². The van der Waals surface area contributed by atoms with Crippen LogP contribution >= 0.6 is 0 Å². The molecule has 2 unspecified atom stereocenters. The molecule has 11 heteroatoms. The number of aliphatic imine (C=N–C) groups is 1. The molecule has 2 aliphatic heterocycles. The number of aromatic nitrogens is 3. The average molecular weight is 519 g/mol. The summed E-state index contributed by atoms with van der Waals surface area (Å²) in [5.41, 5.74) is 2.60. The Morgan fingerprint density at radius 1 is 1.19 bits per heavy atom. The van der Waals surface area contributed by atoms with Gasteiger partial charge in [-0.1, -0.05) is 57.8 Å². The van der Waals surface area contributed by atoms with E-state index in [0.717, 1.165) is 22.7 Å². The van der Waals surface area contributed by atoms with Gasteiger partial charge in [-0.15, -0.1) is 10.2 Å². The molecule has 1 fully saturated rings. The largest absolute Gasteiger partial charge is 0.377 e. The number of carbonyl (C=O) groups excluding carboxylic acids is 1. The van der Waals surface area contributed by atoms with E-state index in [1.165, 1.54) is 6.34 Å². The summed E-state index contributed by atoms with van der Waals surface area (Å²) in [5.74, 6) is 0.922. The normalized spacial score (nSPS) is 21.5. The third kappa shape index (κ3) is 5.05. The summed E-state index contributed by atoms with van der Waals surface area (Å²) < 4.78 is 7.74. The minimum Gasteiger partial charge on any atom is -0.377 e. The van der Waals surface area contributed by atoms with Crippen molar-refractivity contribution in [2.45, 2.75) is 51.2 Å². The number of nitrogens with one attached hydrogen (secondary N) is 1. The molecular weight excluding hydrogens is 484 g/mol. The molecule has 0 saturated carbocycles. The maximum absolute atomic E-state index is 12.6. The van der Waals surface area contributed by atoms with E-state index in [-0.39, 0.29) is 12.1 Å². The molecule has 1 aromatic carbocycles. The Morgan fingerprint density at radius 2 is 1.97 bits per heavy atom. The molecule has 5 rings (SSSR count). The predicted octanol–water partition coefficient (Wildman–Crippen LogP) is 4.95. The lowest BCUT2D eigenvalue weighted by atomic mass is 9.98. The number of anilines is 1. The highest BCUT2D eigenvalue weighted by molar-refractivity contribution is 6.76. The van der Waals surface area contributed by atoms with Crippen LogP contribution in [0.3, 0.4) is 0 Å². The van der Waals surface area contributed by atoms with E-state index in [4.69, 9.17) is 9.72 Å². The lowest BCUT2D eigenvalue weighted by molar-refractivity contribution is 0.0971. The summed E-state index contributed by atoms with van der Waals surface area (Å²) in [4.78, 5) is 23.7. The van der Waals surface area contributed by atoms with Gasteiger partial charge in [-0.05, 0) is 23.6 Å². The van der Waals surface area contributed by atoms with Crippen LogP contribution in [-0.4, -0.2) is 60.8 Å². The van der Waals surface area contributed by atoms with Gasteiger partial charge in [0.2, 0.25) is 5.66 Å². The summed E-state index contributed by atoms with van der Waals surface area (Å²) >= 11 is 0. The predicted molar refractivity (Wildman–Crippen MR) is 147 cm³/mol. The second kappa shape index (κ2) is 9.79. The van der Waals surface area contributed by atoms with Crippen LogP contribution in [0.4, 0.5) is 10.6 Å². The standard InChI is InChI=1S/C26H34N8O2Si/c1-18(2)22-15-27-25(35)34(22)23-10-11-33-24(31-23)21(14-30-33)19-6-8-20(9-7-19)26(28-17-29-32-26)16-36-12-13-37(3,4)5/h6-11,14,17-18,22H,12-13,15-16H2,1-5H3,(H,27,35). The lowest BCUT2D eigenvalue weighted by Gasteiger charge is -2.25. The molecule has 0 radical (unpaired) electrons. The van der Waals surface area contributed by atoms with E-state index < -0.39 is 13.7 Å². The van der Waals surface area contributed by atoms with Gasteiger partial charge in [0.15, 0.2) is 5.65 Å². The smallest absolute Gasteiger partial charge is 0.323 e. The molecule has 4 heterocycles. The van der Waals surface area contributed by atoms with Crippen molar-refractivity contribution in [2.24, 2.45) is 21.1 Å². The molecule has 0 bridgehead atoms. The zero-order chi connectivity index (χ0) is 26.2. The molecule has 3 aromatic rings. The van der Waals surface area contributed by atoms with E-state index in [0.29, 0.717) is 37.1 Å². The number of hydrogen-bond donors (Lipinski definition) is 1. The van der Waals surface area contributed by atoms with Crippen LogP contribution in [0.15, 0.2) is 57.9 Å². The molecule has 2 aliphatic rings. The van der Waals surface area contributed by atoms with Gasteiger partial charge in [0.1, 0.15) is 12.2 Å². The van der Waals surface area contributed by atoms with Gasteiger partial charge >= 0.3 is 6.03 Å². The number of ether oxygens (including phenoxy) is 1. The van der Waals surface area contributed by atoms with Gasteiger partial charge in [-0.25, -0.2) is 19.3 Å². The second-order valence-corrected chi connectivity index (χ2v) is 16.8. The highest BCUT2D eigenvalue weighted by Crippen LogP contribution is 2.34. The molecule has 2 atom stereocenters. The summed E-state index contributed by atoms with van der Waals surface area (Å²) in [6.45, 7) is 12.9. The molecule has 194 valence electrons. The number of amides is 2. The maximum Gasteiger partial charge on any atom is 0.323 e. The van der Waals surface area contributed by atoms with Crippen molar-refractivity contribution in [3.05, 3.63) is 48.3 Å². The van der Waals surface area contributed by atoms with Gasteiger partial charge in [-0.3, -0.25) is 4.90 Å². The quantitative estimate of drug-likeness (QED) is 0.319. The van der Waals surface area contributed by atoms with Crippen LogP contribution in [0.1, 0.15) is 19.4 Å². The first-order valence-electron chi connectivity index (χ1n) is 12.7. The molecule has 2 aromatic heterocycles. The molecule has 37 heavy (non-hydrogen) atoms. The van der Waals surface area contributed by atoms with E-state index in [1.807, 2.05) is 36.5 Å². The van der Waals surface area contributed by atoms with Crippen LogP contribution in [0, 0.1) is 5.92 Å². The second-order valence-electron chi connectivity index (χ2n) is 11.2. The Hall–Kier alpha value is -3.44. The Kier molecular flexibility index (Phi) is 6.67. The average Bonchev–Trinajstić information content (AvgIpc) is 3.60. The number of azo groups is 1. The van der Waals surface area contributed by atoms with E-state index in [1.54, 1.807) is 15.6 Å². The number of benzene rings is 1. The minimum absolute atomic E-state index is 0.0541. The van der Waals surface area contributed by atoms with Crippen LogP contribution in [0.25, 0.3) is 16.8 Å². The van der Waals surface area contributed by atoms with Crippen molar-refractivity contribution in [2.75, 3.05) is 24.7 Å². The van der Waals surface area contributed by atoms with Crippen molar-refractivity contribution >= 4 is 31.9 Å². The van der Waals surface area contributed by atoms with Gasteiger partial charge in [0.05, 0.1) is 18.8 Å². The fraction of sp³-hybridized carbons (Fsp3) is 0.462. The van der Waals surface area contributed by atoms with E-state index >= 15 is 0 Å². The van der Waals surface area contributed by atoms with Gasteiger partial charge in [0.25, 0.3) is 0 Å². The molecule has 0 spiro atoms. The third-order valence-electron chi connectivity index (χ3n) is 6.89. The first kappa shape index (κ1) is 25.2. The fourth-order valence-corrected chi connectivity index (χ4v) is 5.34. The molecule has 2 amide bonds. The van der Waals surface area contributed by atoms with E-state index in [9.17, 15) is 4.79 Å². The summed E-state index contributed by atoms with van der Waals surface area (Å²) in [5, 5.41) is 15.9. The monoisotopic (exact) mass is 518 g/mol. The topological polar surface area (TPSA) is 109 Å². The van der Waals surface area contributed by atoms with Crippen LogP contribution < -0.4 is 10.2 Å².